The first-order chi connectivity index (χ1) is 13.5. The van der Waals surface area contributed by atoms with Gasteiger partial charge in [-0.3, -0.25) is 14.9 Å². The number of nitrogens with one attached hydrogen (secondary N) is 1. The van der Waals surface area contributed by atoms with Gasteiger partial charge >= 0.3 is 0 Å². The molecule has 0 spiro atoms. The van der Waals surface area contributed by atoms with E-state index in [0.717, 1.165) is 0 Å². The van der Waals surface area contributed by atoms with E-state index in [1.807, 2.05) is 4.90 Å². The Morgan fingerprint density at radius 3 is 2.43 bits per heavy atom. The zero-order valence-corrected chi connectivity index (χ0v) is 15.2. The molecule has 1 fully saturated rings. The smallest absolute Gasteiger partial charge is 0.271 e. The number of rotatable bonds is 5. The van der Waals surface area contributed by atoms with Crippen LogP contribution in [0.15, 0.2) is 47.6 Å². The fourth-order valence-electron chi connectivity index (χ4n) is 2.79. The summed E-state index contributed by atoms with van der Waals surface area (Å²) in [6, 6.07) is 9.97. The number of nitro groups is 1. The zero-order chi connectivity index (χ0) is 20.1. The van der Waals surface area contributed by atoms with Crippen LogP contribution in [0.4, 0.5) is 15.8 Å². The van der Waals surface area contributed by atoms with Crippen LogP contribution in [0.1, 0.15) is 22.8 Å². The predicted octanol–water partition coefficient (Wildman–Crippen LogP) is 2.72. The number of halogens is 1. The maximum Gasteiger partial charge on any atom is 0.271 e. The Kier molecular flexibility index (Phi) is 5.95. The minimum Gasteiger partial charge on any atom is -0.378 e. The molecule has 28 heavy (non-hydrogen) atoms. The molecule has 1 amide bonds. The highest BCUT2D eigenvalue weighted by molar-refractivity contribution is 6.01. The van der Waals surface area contributed by atoms with E-state index in [9.17, 15) is 19.3 Å². The zero-order valence-electron chi connectivity index (χ0n) is 15.2. The van der Waals surface area contributed by atoms with Gasteiger partial charge in [-0.15, -0.1) is 0 Å². The number of nitro benzene ring substituents is 1. The van der Waals surface area contributed by atoms with Gasteiger partial charge in [0.25, 0.3) is 11.6 Å². The molecule has 2 aromatic rings. The van der Waals surface area contributed by atoms with E-state index >= 15 is 0 Å². The number of non-ortho nitro benzene ring substituents is 1. The largest absolute Gasteiger partial charge is 0.378 e. The van der Waals surface area contributed by atoms with Crippen molar-refractivity contribution in [3.05, 3.63) is 69.5 Å². The number of amides is 1. The molecular formula is C19H19FN4O4. The second-order valence-electron chi connectivity index (χ2n) is 6.21. The molecule has 2 aromatic carbocycles. The van der Waals surface area contributed by atoms with Gasteiger partial charge < -0.3 is 9.64 Å². The van der Waals surface area contributed by atoms with Gasteiger partial charge in [-0.1, -0.05) is 6.07 Å². The van der Waals surface area contributed by atoms with E-state index in [1.165, 1.54) is 30.3 Å². The molecule has 1 aliphatic rings. The summed E-state index contributed by atoms with van der Waals surface area (Å²) in [4.78, 5) is 24.1. The summed E-state index contributed by atoms with van der Waals surface area (Å²) in [5, 5.41) is 14.6. The molecule has 0 aliphatic carbocycles. The first-order valence-corrected chi connectivity index (χ1v) is 8.67. The van der Waals surface area contributed by atoms with Gasteiger partial charge in [-0.2, -0.15) is 5.10 Å². The Labute approximate surface area is 160 Å². The minimum atomic E-state index is -0.543. The highest BCUT2D eigenvalue weighted by Crippen LogP contribution is 2.22. The van der Waals surface area contributed by atoms with Crippen molar-refractivity contribution >= 4 is 23.0 Å². The number of morpholine rings is 1. The molecule has 9 heteroatoms. The average Bonchev–Trinajstić information content (AvgIpc) is 2.72. The first kappa shape index (κ1) is 19.4. The summed E-state index contributed by atoms with van der Waals surface area (Å²) in [6.45, 7) is 4.05. The number of ether oxygens (including phenoxy) is 1. The van der Waals surface area contributed by atoms with Crippen molar-refractivity contribution in [2.45, 2.75) is 6.92 Å². The third kappa shape index (κ3) is 4.49. The average molecular weight is 386 g/mol. The summed E-state index contributed by atoms with van der Waals surface area (Å²) in [5.41, 5.74) is 3.98. The third-order valence-electron chi connectivity index (χ3n) is 4.38. The Morgan fingerprint density at radius 2 is 1.82 bits per heavy atom. The summed E-state index contributed by atoms with van der Waals surface area (Å²) < 4.78 is 19.8. The lowest BCUT2D eigenvalue weighted by Crippen LogP contribution is -2.36. The molecule has 3 rings (SSSR count). The molecule has 0 radical (unpaired) electrons. The quantitative estimate of drug-likeness (QED) is 0.484. The molecule has 1 aliphatic heterocycles. The van der Waals surface area contributed by atoms with Crippen LogP contribution in [0.3, 0.4) is 0 Å². The molecule has 1 saturated heterocycles. The normalized spacial score (nSPS) is 14.6. The first-order valence-electron chi connectivity index (χ1n) is 8.67. The Bertz CT molecular complexity index is 909. The molecule has 0 aromatic heterocycles. The van der Waals surface area contributed by atoms with Crippen LogP contribution in [0.25, 0.3) is 0 Å². The molecule has 0 saturated carbocycles. The molecule has 0 bridgehead atoms. The van der Waals surface area contributed by atoms with E-state index in [2.05, 4.69) is 10.5 Å². The van der Waals surface area contributed by atoms with Gasteiger partial charge in [-0.05, 0) is 31.2 Å². The number of hydrogen-bond donors (Lipinski definition) is 1. The maximum atomic E-state index is 14.5. The molecule has 146 valence electrons. The summed E-state index contributed by atoms with van der Waals surface area (Å²) >= 11 is 0. The van der Waals surface area contributed by atoms with E-state index < -0.39 is 10.8 Å². The molecule has 1 heterocycles. The van der Waals surface area contributed by atoms with Crippen molar-refractivity contribution in [1.29, 1.82) is 0 Å². The highest BCUT2D eigenvalue weighted by Gasteiger charge is 2.16. The van der Waals surface area contributed by atoms with E-state index in [0.29, 0.717) is 43.3 Å². The van der Waals surface area contributed by atoms with Crippen LogP contribution >= 0.6 is 0 Å². The topological polar surface area (TPSA) is 97.1 Å². The van der Waals surface area contributed by atoms with Crippen molar-refractivity contribution in [1.82, 2.24) is 5.43 Å². The van der Waals surface area contributed by atoms with E-state index in [1.54, 1.807) is 19.1 Å². The number of carbonyl (C=O) groups excluding carboxylic acids is 1. The SMILES string of the molecule is C/C(=N/NC(=O)c1ccc([N+](=O)[O-])cc1)c1ccc(N2CCOCC2)c(F)c1. The predicted molar refractivity (Wildman–Crippen MR) is 102 cm³/mol. The standard InChI is InChI=1S/C19H19FN4O4/c1-13(21-22-19(25)14-2-5-16(6-3-14)24(26)27)15-4-7-18(17(20)12-15)23-8-10-28-11-9-23/h2-7,12H,8-11H2,1H3,(H,22,25)/b21-13-. The fourth-order valence-corrected chi connectivity index (χ4v) is 2.79. The highest BCUT2D eigenvalue weighted by atomic mass is 19.1. The van der Waals surface area contributed by atoms with E-state index in [4.69, 9.17) is 4.74 Å². The molecule has 1 N–H and O–H groups in total. The van der Waals surface area contributed by atoms with Gasteiger partial charge in [0.05, 0.1) is 29.5 Å². The molecule has 8 nitrogen and oxygen atoms in total. The van der Waals surface area contributed by atoms with Crippen LogP contribution in [0.5, 0.6) is 0 Å². The number of anilines is 1. The molecule has 0 unspecified atom stereocenters. The maximum absolute atomic E-state index is 14.5. The summed E-state index contributed by atoms with van der Waals surface area (Å²) in [5.74, 6) is -0.879. The number of nitrogens with zero attached hydrogens (tertiary/aromatic N) is 3. The second kappa shape index (κ2) is 8.57. The van der Waals surface area contributed by atoms with Crippen LogP contribution < -0.4 is 10.3 Å². The van der Waals surface area contributed by atoms with Gasteiger partial charge in [0.15, 0.2) is 0 Å². The van der Waals surface area contributed by atoms with Crippen molar-refractivity contribution in [3.63, 3.8) is 0 Å². The van der Waals surface area contributed by atoms with Crippen LogP contribution in [0.2, 0.25) is 0 Å². The summed E-state index contributed by atoms with van der Waals surface area (Å²) in [6.07, 6.45) is 0. The lowest BCUT2D eigenvalue weighted by molar-refractivity contribution is -0.384. The monoisotopic (exact) mass is 386 g/mol. The molecular weight excluding hydrogens is 367 g/mol. The van der Waals surface area contributed by atoms with Crippen LogP contribution in [-0.2, 0) is 4.74 Å². The molecule has 0 atom stereocenters. The van der Waals surface area contributed by atoms with Gasteiger partial charge in [-0.25, -0.2) is 9.82 Å². The van der Waals surface area contributed by atoms with Crippen molar-refractivity contribution in [2.75, 3.05) is 31.2 Å². The lowest BCUT2D eigenvalue weighted by atomic mass is 10.1. The van der Waals surface area contributed by atoms with Crippen LogP contribution in [0, 0.1) is 15.9 Å². The van der Waals surface area contributed by atoms with Crippen LogP contribution in [-0.4, -0.2) is 42.8 Å². The van der Waals surface area contributed by atoms with Crippen molar-refractivity contribution < 1.29 is 18.8 Å². The van der Waals surface area contributed by atoms with Crippen molar-refractivity contribution in [3.8, 4) is 0 Å². The van der Waals surface area contributed by atoms with Gasteiger partial charge in [0, 0.05) is 36.3 Å². The Hall–Kier alpha value is -3.33. The Balaban J connectivity index is 1.68. The van der Waals surface area contributed by atoms with Gasteiger partial charge in [0.2, 0.25) is 0 Å². The fraction of sp³-hybridized carbons (Fsp3) is 0.263. The number of hydrogen-bond acceptors (Lipinski definition) is 6. The number of benzene rings is 2. The van der Waals surface area contributed by atoms with E-state index in [-0.39, 0.29) is 17.1 Å². The second-order valence-corrected chi connectivity index (χ2v) is 6.21. The Morgan fingerprint density at radius 1 is 1.18 bits per heavy atom. The summed E-state index contributed by atoms with van der Waals surface area (Å²) in [7, 11) is 0. The number of hydrazone groups is 1. The minimum absolute atomic E-state index is 0.105. The van der Waals surface area contributed by atoms with Gasteiger partial charge in [0.1, 0.15) is 5.82 Å². The third-order valence-corrected chi connectivity index (χ3v) is 4.38. The number of carbonyl (C=O) groups is 1. The lowest BCUT2D eigenvalue weighted by Gasteiger charge is -2.29. The van der Waals surface area contributed by atoms with Crippen molar-refractivity contribution in [2.24, 2.45) is 5.10 Å².